The third kappa shape index (κ3) is 3.17. The maximum atomic E-state index is 10.7. The van der Waals surface area contributed by atoms with Crippen LogP contribution in [0.3, 0.4) is 0 Å². The van der Waals surface area contributed by atoms with Crippen molar-refractivity contribution in [3.63, 3.8) is 0 Å². The summed E-state index contributed by atoms with van der Waals surface area (Å²) in [6.07, 6.45) is 5.41. The number of piperidine rings is 1. The molecule has 1 saturated heterocycles. The van der Waals surface area contributed by atoms with E-state index in [1.165, 1.54) is 12.8 Å². The highest BCUT2D eigenvalue weighted by molar-refractivity contribution is 6.31. The van der Waals surface area contributed by atoms with Gasteiger partial charge in [-0.15, -0.1) is 0 Å². The average Bonchev–Trinajstić information content (AvgIpc) is 2.49. The Morgan fingerprint density at radius 1 is 1.43 bits per heavy atom. The average molecular weight is 310 g/mol. The van der Waals surface area contributed by atoms with Crippen LogP contribution in [0.2, 0.25) is 5.02 Å². The fourth-order valence-corrected chi connectivity index (χ4v) is 3.89. The molecule has 116 valence electrons. The number of pyridine rings is 1. The summed E-state index contributed by atoms with van der Waals surface area (Å²) in [7, 11) is 1.86. The maximum absolute atomic E-state index is 10.7. The number of nitrogens with zero attached hydrogens (tertiary/aromatic N) is 2. The lowest BCUT2D eigenvalue weighted by Crippen LogP contribution is -2.53. The molecule has 2 fully saturated rings. The number of anilines is 1. The lowest BCUT2D eigenvalue weighted by Gasteiger charge is -2.47. The summed E-state index contributed by atoms with van der Waals surface area (Å²) >= 11 is 6.27. The molecule has 1 aromatic heterocycles. The van der Waals surface area contributed by atoms with E-state index in [0.29, 0.717) is 5.92 Å². The van der Waals surface area contributed by atoms with Crippen molar-refractivity contribution in [2.75, 3.05) is 25.5 Å². The molecule has 1 aliphatic carbocycles. The highest BCUT2D eigenvalue weighted by Crippen LogP contribution is 2.40. The van der Waals surface area contributed by atoms with Gasteiger partial charge in [0.2, 0.25) is 0 Å². The molecule has 0 radical (unpaired) electrons. The molecule has 0 aromatic carbocycles. The highest BCUT2D eigenvalue weighted by atomic mass is 35.5. The number of rotatable bonds is 3. The van der Waals surface area contributed by atoms with Crippen LogP contribution in [-0.2, 0) is 6.54 Å². The SMILES string of the molecule is CNc1ccc(Cl)c(CN2CCC3(O)CCCCC3C2)n1. The molecule has 2 aliphatic rings. The van der Waals surface area contributed by atoms with Gasteiger partial charge in [0.05, 0.1) is 16.3 Å². The molecule has 2 unspecified atom stereocenters. The van der Waals surface area contributed by atoms with E-state index in [-0.39, 0.29) is 0 Å². The zero-order valence-electron chi connectivity index (χ0n) is 12.6. The third-order valence-electron chi connectivity index (χ3n) is 5.06. The summed E-state index contributed by atoms with van der Waals surface area (Å²) in [5.74, 6) is 1.26. The molecule has 21 heavy (non-hydrogen) atoms. The van der Waals surface area contributed by atoms with Crippen molar-refractivity contribution in [3.05, 3.63) is 22.8 Å². The number of likely N-dealkylation sites (tertiary alicyclic amines) is 1. The number of aliphatic hydroxyl groups is 1. The van der Waals surface area contributed by atoms with E-state index in [2.05, 4.69) is 15.2 Å². The van der Waals surface area contributed by atoms with Crippen LogP contribution in [0.4, 0.5) is 5.82 Å². The summed E-state index contributed by atoms with van der Waals surface area (Å²) in [6, 6.07) is 3.79. The van der Waals surface area contributed by atoms with Crippen molar-refractivity contribution in [3.8, 4) is 0 Å². The molecule has 1 saturated carbocycles. The fraction of sp³-hybridized carbons (Fsp3) is 0.688. The lowest BCUT2D eigenvalue weighted by atomic mass is 9.71. The first kappa shape index (κ1) is 15.1. The first-order valence-corrected chi connectivity index (χ1v) is 8.26. The second-order valence-corrected chi connectivity index (χ2v) is 6.81. The summed E-state index contributed by atoms with van der Waals surface area (Å²) < 4.78 is 0. The van der Waals surface area contributed by atoms with Crippen molar-refractivity contribution in [1.29, 1.82) is 0 Å². The Morgan fingerprint density at radius 2 is 2.29 bits per heavy atom. The van der Waals surface area contributed by atoms with Gasteiger partial charge in [-0.25, -0.2) is 4.98 Å². The van der Waals surface area contributed by atoms with Crippen LogP contribution in [-0.4, -0.2) is 40.7 Å². The monoisotopic (exact) mass is 309 g/mol. The molecule has 1 aliphatic heterocycles. The van der Waals surface area contributed by atoms with E-state index in [1.54, 1.807) is 0 Å². The molecular weight excluding hydrogens is 286 g/mol. The van der Waals surface area contributed by atoms with Gasteiger partial charge < -0.3 is 10.4 Å². The Kier molecular flexibility index (Phi) is 4.38. The highest BCUT2D eigenvalue weighted by Gasteiger charge is 2.42. The van der Waals surface area contributed by atoms with E-state index in [4.69, 9.17) is 11.6 Å². The van der Waals surface area contributed by atoms with Crippen molar-refractivity contribution in [2.45, 2.75) is 44.2 Å². The van der Waals surface area contributed by atoms with Gasteiger partial charge in [-0.1, -0.05) is 24.4 Å². The predicted molar refractivity (Wildman–Crippen MR) is 85.6 cm³/mol. The molecule has 3 rings (SSSR count). The first-order chi connectivity index (χ1) is 10.1. The molecule has 2 heterocycles. The van der Waals surface area contributed by atoms with Crippen LogP contribution in [0, 0.1) is 5.92 Å². The van der Waals surface area contributed by atoms with Crippen molar-refractivity contribution >= 4 is 17.4 Å². The molecule has 0 bridgehead atoms. The van der Waals surface area contributed by atoms with E-state index in [9.17, 15) is 5.11 Å². The molecule has 0 amide bonds. The topological polar surface area (TPSA) is 48.4 Å². The minimum absolute atomic E-state index is 0.409. The molecule has 0 spiro atoms. The van der Waals surface area contributed by atoms with Gasteiger partial charge in [0.15, 0.2) is 0 Å². The maximum Gasteiger partial charge on any atom is 0.126 e. The van der Waals surface area contributed by atoms with Gasteiger partial charge in [-0.3, -0.25) is 4.90 Å². The van der Waals surface area contributed by atoms with Crippen LogP contribution in [0.25, 0.3) is 0 Å². The van der Waals surface area contributed by atoms with Gasteiger partial charge in [-0.05, 0) is 31.4 Å². The predicted octanol–water partition coefficient (Wildman–Crippen LogP) is 2.90. The molecule has 5 heteroatoms. The lowest BCUT2D eigenvalue weighted by molar-refractivity contribution is -0.0969. The normalized spacial score (nSPS) is 30.0. The third-order valence-corrected chi connectivity index (χ3v) is 5.40. The second kappa shape index (κ2) is 6.11. The zero-order valence-corrected chi connectivity index (χ0v) is 13.4. The quantitative estimate of drug-likeness (QED) is 0.901. The smallest absolute Gasteiger partial charge is 0.126 e. The summed E-state index contributed by atoms with van der Waals surface area (Å²) in [6.45, 7) is 2.65. The minimum atomic E-state index is -0.418. The zero-order chi connectivity index (χ0) is 14.9. The molecule has 1 aromatic rings. The van der Waals surface area contributed by atoms with Crippen molar-refractivity contribution in [2.24, 2.45) is 5.92 Å². The molecule has 2 atom stereocenters. The molecule has 2 N–H and O–H groups in total. The van der Waals surface area contributed by atoms with Crippen LogP contribution < -0.4 is 5.32 Å². The minimum Gasteiger partial charge on any atom is -0.390 e. The number of fused-ring (bicyclic) bond motifs is 1. The van der Waals surface area contributed by atoms with Gasteiger partial charge in [0, 0.05) is 32.6 Å². The second-order valence-electron chi connectivity index (χ2n) is 6.41. The number of nitrogens with one attached hydrogen (secondary N) is 1. The summed E-state index contributed by atoms with van der Waals surface area (Å²) in [4.78, 5) is 6.95. The number of aromatic nitrogens is 1. The number of hydrogen-bond donors (Lipinski definition) is 2. The Hall–Kier alpha value is -0.840. The Labute approximate surface area is 131 Å². The fourth-order valence-electron chi connectivity index (χ4n) is 3.73. The van der Waals surface area contributed by atoms with Gasteiger partial charge >= 0.3 is 0 Å². The Balaban J connectivity index is 1.69. The summed E-state index contributed by atoms with van der Waals surface area (Å²) in [5, 5.41) is 14.5. The van der Waals surface area contributed by atoms with E-state index < -0.39 is 5.60 Å². The van der Waals surface area contributed by atoms with Gasteiger partial charge in [0.25, 0.3) is 0 Å². The van der Waals surface area contributed by atoms with Crippen LogP contribution >= 0.6 is 11.6 Å². The molecule has 4 nitrogen and oxygen atoms in total. The van der Waals surface area contributed by atoms with Gasteiger partial charge in [0.1, 0.15) is 5.82 Å². The van der Waals surface area contributed by atoms with E-state index in [0.717, 1.165) is 55.4 Å². The van der Waals surface area contributed by atoms with E-state index >= 15 is 0 Å². The number of halogens is 1. The van der Waals surface area contributed by atoms with Crippen LogP contribution in [0.5, 0.6) is 0 Å². The Bertz CT molecular complexity index is 510. The van der Waals surface area contributed by atoms with Crippen molar-refractivity contribution in [1.82, 2.24) is 9.88 Å². The Morgan fingerprint density at radius 3 is 3.10 bits per heavy atom. The van der Waals surface area contributed by atoms with Crippen LogP contribution in [0.1, 0.15) is 37.8 Å². The summed E-state index contributed by atoms with van der Waals surface area (Å²) in [5.41, 5.74) is 0.503. The largest absolute Gasteiger partial charge is 0.390 e. The number of hydrogen-bond acceptors (Lipinski definition) is 4. The van der Waals surface area contributed by atoms with Crippen LogP contribution in [0.15, 0.2) is 12.1 Å². The van der Waals surface area contributed by atoms with Gasteiger partial charge in [-0.2, -0.15) is 0 Å². The molecular formula is C16H24ClN3O. The van der Waals surface area contributed by atoms with Crippen molar-refractivity contribution < 1.29 is 5.11 Å². The first-order valence-electron chi connectivity index (χ1n) is 7.89. The van der Waals surface area contributed by atoms with E-state index in [1.807, 2.05) is 19.2 Å². The standard InChI is InChI=1S/C16H24ClN3O/c1-18-15-6-5-13(17)14(19-15)11-20-9-8-16(21)7-3-2-4-12(16)10-20/h5-6,12,21H,2-4,7-11H2,1H3,(H,18,19).